The molecule has 0 spiro atoms. The predicted molar refractivity (Wildman–Crippen MR) is 79.5 cm³/mol. The van der Waals surface area contributed by atoms with Gasteiger partial charge in [0, 0.05) is 28.1 Å². The van der Waals surface area contributed by atoms with Gasteiger partial charge in [0.05, 0.1) is 0 Å². The van der Waals surface area contributed by atoms with Crippen molar-refractivity contribution in [3.63, 3.8) is 0 Å². The second-order valence-corrected chi connectivity index (χ2v) is 5.37. The van der Waals surface area contributed by atoms with Gasteiger partial charge in [-0.05, 0) is 38.0 Å². The summed E-state index contributed by atoms with van der Waals surface area (Å²) in [5.41, 5.74) is 2.59. The van der Waals surface area contributed by atoms with Crippen LogP contribution in [0, 0.1) is 0 Å². The Labute approximate surface area is 115 Å². The number of hydrogen-bond acceptors (Lipinski definition) is 1. The van der Waals surface area contributed by atoms with Crippen molar-refractivity contribution in [2.24, 2.45) is 0 Å². The van der Waals surface area contributed by atoms with E-state index in [0.717, 1.165) is 11.9 Å². The van der Waals surface area contributed by atoms with E-state index < -0.39 is 0 Å². The van der Waals surface area contributed by atoms with E-state index in [2.05, 4.69) is 75.7 Å². The smallest absolute Gasteiger partial charge is 0.0380 e. The molecule has 90 valence electrons. The van der Waals surface area contributed by atoms with Crippen molar-refractivity contribution < 1.29 is 0 Å². The van der Waals surface area contributed by atoms with E-state index in [0.29, 0.717) is 6.04 Å². The van der Waals surface area contributed by atoms with Gasteiger partial charge in [0.15, 0.2) is 0 Å². The van der Waals surface area contributed by atoms with E-state index in [1.165, 1.54) is 22.1 Å². The molecule has 0 aliphatic carbocycles. The van der Waals surface area contributed by atoms with Crippen molar-refractivity contribution in [1.82, 2.24) is 0 Å². The molecule has 0 fully saturated rings. The van der Waals surface area contributed by atoms with Crippen LogP contribution in [0.15, 0.2) is 22.7 Å². The average molecular weight is 349 g/mol. The largest absolute Gasteiger partial charge is 0.369 e. The summed E-state index contributed by atoms with van der Waals surface area (Å²) in [6.07, 6.45) is 1.17. The van der Waals surface area contributed by atoms with Crippen LogP contribution in [0.1, 0.15) is 32.8 Å². The molecule has 1 aromatic rings. The lowest BCUT2D eigenvalue weighted by atomic mass is 10.1. The van der Waals surface area contributed by atoms with Crippen molar-refractivity contribution in [2.75, 3.05) is 11.4 Å². The van der Waals surface area contributed by atoms with Crippen LogP contribution < -0.4 is 4.90 Å². The van der Waals surface area contributed by atoms with Crippen molar-refractivity contribution in [3.05, 3.63) is 28.2 Å². The van der Waals surface area contributed by atoms with Crippen molar-refractivity contribution in [3.8, 4) is 0 Å². The Hall–Kier alpha value is -0.0200. The van der Waals surface area contributed by atoms with Gasteiger partial charge in [-0.1, -0.05) is 44.8 Å². The summed E-state index contributed by atoms with van der Waals surface area (Å²) in [7, 11) is 0. The predicted octanol–water partition coefficient (Wildman–Crippen LogP) is 4.97. The van der Waals surface area contributed by atoms with Crippen molar-refractivity contribution in [2.45, 2.75) is 38.6 Å². The third kappa shape index (κ3) is 3.24. The molecule has 1 nitrogen and oxygen atoms in total. The number of hydrogen-bond donors (Lipinski definition) is 0. The molecule has 0 saturated heterocycles. The molecular weight excluding hydrogens is 330 g/mol. The monoisotopic (exact) mass is 347 g/mol. The Morgan fingerprint density at radius 3 is 2.44 bits per heavy atom. The lowest BCUT2D eigenvalue weighted by Gasteiger charge is -2.29. The molecule has 1 aromatic carbocycles. The molecule has 0 heterocycles. The van der Waals surface area contributed by atoms with Gasteiger partial charge in [-0.3, -0.25) is 0 Å². The number of anilines is 1. The molecule has 1 atom stereocenters. The van der Waals surface area contributed by atoms with E-state index in [1.54, 1.807) is 0 Å². The van der Waals surface area contributed by atoms with E-state index in [4.69, 9.17) is 0 Å². The maximum absolute atomic E-state index is 3.62. The number of halogens is 2. The maximum Gasteiger partial charge on any atom is 0.0380 e. The summed E-state index contributed by atoms with van der Waals surface area (Å²) in [4.78, 5) is 2.43. The molecule has 0 aliphatic rings. The fourth-order valence-electron chi connectivity index (χ4n) is 1.79. The second-order valence-electron chi connectivity index (χ2n) is 3.95. The first kappa shape index (κ1) is 14.0. The molecule has 0 bridgehead atoms. The van der Waals surface area contributed by atoms with Gasteiger partial charge in [-0.2, -0.15) is 0 Å². The van der Waals surface area contributed by atoms with Crippen LogP contribution in [0.25, 0.3) is 0 Å². The Kier molecular flexibility index (Phi) is 5.84. The number of rotatable bonds is 5. The van der Waals surface area contributed by atoms with Gasteiger partial charge in [-0.15, -0.1) is 0 Å². The van der Waals surface area contributed by atoms with Crippen molar-refractivity contribution in [1.29, 1.82) is 0 Å². The summed E-state index contributed by atoms with van der Waals surface area (Å²) in [5.74, 6) is 0. The highest BCUT2D eigenvalue weighted by Crippen LogP contribution is 2.27. The first-order valence-corrected chi connectivity index (χ1v) is 7.66. The van der Waals surface area contributed by atoms with Crippen LogP contribution in [0.5, 0.6) is 0 Å². The van der Waals surface area contributed by atoms with Gasteiger partial charge >= 0.3 is 0 Å². The van der Waals surface area contributed by atoms with Crippen LogP contribution in [-0.2, 0) is 5.33 Å². The van der Waals surface area contributed by atoms with Crippen molar-refractivity contribution >= 4 is 37.5 Å². The van der Waals surface area contributed by atoms with Crippen LogP contribution in [-0.4, -0.2) is 12.6 Å². The minimum Gasteiger partial charge on any atom is -0.369 e. The second kappa shape index (κ2) is 6.65. The van der Waals surface area contributed by atoms with Gasteiger partial charge in [0.2, 0.25) is 0 Å². The molecule has 3 heteroatoms. The lowest BCUT2D eigenvalue weighted by Crippen LogP contribution is -2.32. The third-order valence-corrected chi connectivity index (χ3v) is 4.32. The molecule has 0 saturated carbocycles. The Bertz CT molecular complexity index is 339. The highest BCUT2D eigenvalue weighted by Gasteiger charge is 2.11. The van der Waals surface area contributed by atoms with Crippen LogP contribution in [0.3, 0.4) is 0 Å². The summed E-state index contributed by atoms with van der Waals surface area (Å²) < 4.78 is 1.18. The zero-order chi connectivity index (χ0) is 12.1. The fraction of sp³-hybridized carbons (Fsp3) is 0.538. The normalized spacial score (nSPS) is 12.6. The molecule has 16 heavy (non-hydrogen) atoms. The molecule has 1 rings (SSSR count). The Morgan fingerprint density at radius 2 is 2.00 bits per heavy atom. The van der Waals surface area contributed by atoms with Crippen LogP contribution >= 0.6 is 31.9 Å². The molecule has 0 aromatic heterocycles. The van der Waals surface area contributed by atoms with Gasteiger partial charge < -0.3 is 4.90 Å². The van der Waals surface area contributed by atoms with Gasteiger partial charge in [0.25, 0.3) is 0 Å². The molecular formula is C13H19Br2N. The maximum atomic E-state index is 3.62. The average Bonchev–Trinajstić information content (AvgIpc) is 2.30. The van der Waals surface area contributed by atoms with Crippen LogP contribution in [0.4, 0.5) is 5.69 Å². The van der Waals surface area contributed by atoms with Crippen LogP contribution in [0.2, 0.25) is 0 Å². The summed E-state index contributed by atoms with van der Waals surface area (Å²) in [6.45, 7) is 7.76. The highest BCUT2D eigenvalue weighted by atomic mass is 79.9. The number of alkyl halides is 1. The first-order chi connectivity index (χ1) is 7.63. The Morgan fingerprint density at radius 1 is 1.31 bits per heavy atom. The SMILES string of the molecule is CCC(C)N(CC)c1ccc(CBr)c(Br)c1. The summed E-state index contributed by atoms with van der Waals surface area (Å²) in [5, 5.41) is 0.892. The highest BCUT2D eigenvalue weighted by molar-refractivity contribution is 9.10. The van der Waals surface area contributed by atoms with E-state index in [9.17, 15) is 0 Å². The molecule has 0 aliphatic heterocycles. The molecule has 0 radical (unpaired) electrons. The number of benzene rings is 1. The van der Waals surface area contributed by atoms with Gasteiger partial charge in [0.1, 0.15) is 0 Å². The quantitative estimate of drug-likeness (QED) is 0.679. The zero-order valence-electron chi connectivity index (χ0n) is 10.1. The minimum absolute atomic E-state index is 0.590. The molecule has 0 N–H and O–H groups in total. The van der Waals surface area contributed by atoms with Gasteiger partial charge in [-0.25, -0.2) is 0 Å². The zero-order valence-corrected chi connectivity index (χ0v) is 13.3. The van der Waals surface area contributed by atoms with E-state index in [-0.39, 0.29) is 0 Å². The minimum atomic E-state index is 0.590. The van der Waals surface area contributed by atoms with E-state index in [1.807, 2.05) is 0 Å². The summed E-state index contributed by atoms with van der Waals surface area (Å²) in [6, 6.07) is 7.19. The standard InChI is InChI=1S/C13H19Br2N/c1-4-10(3)16(5-2)12-7-6-11(9-14)13(15)8-12/h6-8,10H,4-5,9H2,1-3H3. The number of nitrogens with zero attached hydrogens (tertiary/aromatic N) is 1. The summed E-state index contributed by atoms with van der Waals surface area (Å²) >= 11 is 7.11. The Balaban J connectivity index is 2.98. The van der Waals surface area contributed by atoms with E-state index >= 15 is 0 Å². The fourth-order valence-corrected chi connectivity index (χ4v) is 3.16. The first-order valence-electron chi connectivity index (χ1n) is 5.75. The third-order valence-electron chi connectivity index (χ3n) is 2.98. The topological polar surface area (TPSA) is 3.24 Å². The molecule has 1 unspecified atom stereocenters. The molecule has 0 amide bonds. The lowest BCUT2D eigenvalue weighted by molar-refractivity contribution is 0.630.